The fraction of sp³-hybridized carbons (Fsp3) is 0.571. The fourth-order valence-corrected chi connectivity index (χ4v) is 2.63. The van der Waals surface area contributed by atoms with Gasteiger partial charge in [0.2, 0.25) is 0 Å². The molecule has 1 nitrogen and oxygen atoms in total. The Morgan fingerprint density at radius 2 is 1.80 bits per heavy atom. The molecule has 1 heteroatoms. The van der Waals surface area contributed by atoms with Gasteiger partial charge in [0, 0.05) is 12.2 Å². The molecule has 0 aromatic heterocycles. The molecule has 0 amide bonds. The highest BCUT2D eigenvalue weighted by molar-refractivity contribution is 5.42. The largest absolute Gasteiger partial charge is 0.384 e. The van der Waals surface area contributed by atoms with Crippen LogP contribution in [0.5, 0.6) is 0 Å². The minimum Gasteiger partial charge on any atom is -0.384 e. The molecule has 0 radical (unpaired) electrons. The minimum atomic E-state index is 0.579. The van der Waals surface area contributed by atoms with Crippen molar-refractivity contribution < 1.29 is 0 Å². The molecule has 2 rings (SSSR count). The summed E-state index contributed by atoms with van der Waals surface area (Å²) in [5, 5.41) is 3.58. The second-order valence-corrected chi connectivity index (χ2v) is 4.78. The molecule has 1 aromatic rings. The standard InChI is InChI=1S/C14H21N/c1-2-14(10-6-7-11-14)12-15-13-8-4-3-5-9-13/h3-5,8-9,15H,2,6-7,10-12H2,1H3. The maximum Gasteiger partial charge on any atom is 0.0340 e. The van der Waals surface area contributed by atoms with Gasteiger partial charge in [-0.3, -0.25) is 0 Å². The van der Waals surface area contributed by atoms with Crippen LogP contribution in [0.25, 0.3) is 0 Å². The van der Waals surface area contributed by atoms with Gasteiger partial charge in [0.15, 0.2) is 0 Å². The van der Waals surface area contributed by atoms with Crippen LogP contribution < -0.4 is 5.32 Å². The van der Waals surface area contributed by atoms with Crippen LogP contribution in [0.4, 0.5) is 5.69 Å². The zero-order valence-corrected chi connectivity index (χ0v) is 9.63. The van der Waals surface area contributed by atoms with Gasteiger partial charge in [-0.05, 0) is 36.8 Å². The van der Waals surface area contributed by atoms with Crippen LogP contribution in [0, 0.1) is 5.41 Å². The lowest BCUT2D eigenvalue weighted by Crippen LogP contribution is -2.25. The Hall–Kier alpha value is -0.980. The summed E-state index contributed by atoms with van der Waals surface area (Å²) in [6.07, 6.45) is 6.97. The maximum absolute atomic E-state index is 3.58. The van der Waals surface area contributed by atoms with Gasteiger partial charge in [0.05, 0.1) is 0 Å². The topological polar surface area (TPSA) is 12.0 Å². The molecule has 1 fully saturated rings. The van der Waals surface area contributed by atoms with E-state index in [-0.39, 0.29) is 0 Å². The number of hydrogen-bond donors (Lipinski definition) is 1. The lowest BCUT2D eigenvalue weighted by molar-refractivity contribution is 0.307. The van der Waals surface area contributed by atoms with Crippen molar-refractivity contribution in [1.82, 2.24) is 0 Å². The number of nitrogens with one attached hydrogen (secondary N) is 1. The van der Waals surface area contributed by atoms with Gasteiger partial charge < -0.3 is 5.32 Å². The Kier molecular flexibility index (Phi) is 3.30. The SMILES string of the molecule is CCC1(CNc2ccccc2)CCCC1. The zero-order chi connectivity index (χ0) is 10.6. The van der Waals surface area contributed by atoms with Crippen LogP contribution in [0.15, 0.2) is 30.3 Å². The molecule has 82 valence electrons. The molecule has 0 atom stereocenters. The Labute approximate surface area is 92.9 Å². The van der Waals surface area contributed by atoms with Gasteiger partial charge in [-0.15, -0.1) is 0 Å². The molecule has 0 unspecified atom stereocenters. The van der Waals surface area contributed by atoms with Crippen molar-refractivity contribution in [3.8, 4) is 0 Å². The molecule has 0 bridgehead atoms. The van der Waals surface area contributed by atoms with E-state index in [9.17, 15) is 0 Å². The Morgan fingerprint density at radius 1 is 1.13 bits per heavy atom. The molecule has 15 heavy (non-hydrogen) atoms. The second-order valence-electron chi connectivity index (χ2n) is 4.78. The van der Waals surface area contributed by atoms with E-state index in [1.165, 1.54) is 37.8 Å². The smallest absolute Gasteiger partial charge is 0.0340 e. The third-order valence-electron chi connectivity index (χ3n) is 3.86. The summed E-state index contributed by atoms with van der Waals surface area (Å²) in [5.74, 6) is 0. The molecule has 0 spiro atoms. The van der Waals surface area contributed by atoms with Crippen LogP contribution >= 0.6 is 0 Å². The average Bonchev–Trinajstić information content (AvgIpc) is 2.77. The second kappa shape index (κ2) is 4.69. The van der Waals surface area contributed by atoms with Gasteiger partial charge in [0.25, 0.3) is 0 Å². The highest BCUT2D eigenvalue weighted by atomic mass is 14.9. The van der Waals surface area contributed by atoms with Crippen LogP contribution in [0.2, 0.25) is 0 Å². The van der Waals surface area contributed by atoms with Crippen LogP contribution in [-0.4, -0.2) is 6.54 Å². The number of hydrogen-bond acceptors (Lipinski definition) is 1. The first kappa shape index (κ1) is 10.5. The minimum absolute atomic E-state index is 0.579. The van der Waals surface area contributed by atoms with Crippen molar-refractivity contribution in [2.75, 3.05) is 11.9 Å². The number of para-hydroxylation sites is 1. The summed E-state index contributed by atoms with van der Waals surface area (Å²) in [6.45, 7) is 3.48. The summed E-state index contributed by atoms with van der Waals surface area (Å²) in [4.78, 5) is 0. The summed E-state index contributed by atoms with van der Waals surface area (Å²) in [5.41, 5.74) is 1.84. The Balaban J connectivity index is 1.92. The molecule has 1 saturated carbocycles. The summed E-state index contributed by atoms with van der Waals surface area (Å²) < 4.78 is 0. The highest BCUT2D eigenvalue weighted by Crippen LogP contribution is 2.40. The lowest BCUT2D eigenvalue weighted by Gasteiger charge is -2.28. The van der Waals surface area contributed by atoms with E-state index in [4.69, 9.17) is 0 Å². The average molecular weight is 203 g/mol. The van der Waals surface area contributed by atoms with Crippen molar-refractivity contribution >= 4 is 5.69 Å². The lowest BCUT2D eigenvalue weighted by atomic mass is 9.83. The number of rotatable bonds is 4. The van der Waals surface area contributed by atoms with Gasteiger partial charge in [-0.25, -0.2) is 0 Å². The molecule has 1 aromatic carbocycles. The van der Waals surface area contributed by atoms with Gasteiger partial charge in [0.1, 0.15) is 0 Å². The first-order valence-corrected chi connectivity index (χ1v) is 6.14. The van der Waals surface area contributed by atoms with Crippen molar-refractivity contribution in [2.45, 2.75) is 39.0 Å². The van der Waals surface area contributed by atoms with Crippen LogP contribution in [0.1, 0.15) is 39.0 Å². The van der Waals surface area contributed by atoms with Gasteiger partial charge in [-0.2, -0.15) is 0 Å². The first-order valence-electron chi connectivity index (χ1n) is 6.14. The Bertz CT molecular complexity index is 285. The van der Waals surface area contributed by atoms with Crippen molar-refractivity contribution in [1.29, 1.82) is 0 Å². The summed E-state index contributed by atoms with van der Waals surface area (Å²) in [7, 11) is 0. The summed E-state index contributed by atoms with van der Waals surface area (Å²) >= 11 is 0. The van der Waals surface area contributed by atoms with E-state index in [0.29, 0.717) is 5.41 Å². The van der Waals surface area contributed by atoms with Crippen molar-refractivity contribution in [2.24, 2.45) is 5.41 Å². The molecule has 0 aliphatic heterocycles. The normalized spacial score (nSPS) is 19.0. The monoisotopic (exact) mass is 203 g/mol. The van der Waals surface area contributed by atoms with E-state index >= 15 is 0 Å². The third kappa shape index (κ3) is 2.53. The number of benzene rings is 1. The van der Waals surface area contributed by atoms with Crippen molar-refractivity contribution in [3.05, 3.63) is 30.3 Å². The van der Waals surface area contributed by atoms with Gasteiger partial charge in [-0.1, -0.05) is 38.0 Å². The van der Waals surface area contributed by atoms with E-state index in [0.717, 1.165) is 6.54 Å². The van der Waals surface area contributed by atoms with Crippen LogP contribution in [-0.2, 0) is 0 Å². The fourth-order valence-electron chi connectivity index (χ4n) is 2.63. The first-order chi connectivity index (χ1) is 7.35. The number of anilines is 1. The zero-order valence-electron chi connectivity index (χ0n) is 9.63. The van der Waals surface area contributed by atoms with Crippen LogP contribution in [0.3, 0.4) is 0 Å². The molecule has 0 saturated heterocycles. The van der Waals surface area contributed by atoms with Gasteiger partial charge >= 0.3 is 0 Å². The molecular weight excluding hydrogens is 182 g/mol. The quantitative estimate of drug-likeness (QED) is 0.778. The van der Waals surface area contributed by atoms with E-state index in [2.05, 4.69) is 42.6 Å². The molecule has 1 aliphatic carbocycles. The van der Waals surface area contributed by atoms with E-state index in [1.807, 2.05) is 0 Å². The van der Waals surface area contributed by atoms with E-state index in [1.54, 1.807) is 0 Å². The molecule has 1 aliphatic rings. The third-order valence-corrected chi connectivity index (χ3v) is 3.86. The van der Waals surface area contributed by atoms with Crippen molar-refractivity contribution in [3.63, 3.8) is 0 Å². The highest BCUT2D eigenvalue weighted by Gasteiger charge is 2.31. The predicted octanol–water partition coefficient (Wildman–Crippen LogP) is 4.07. The molecule has 1 N–H and O–H groups in total. The maximum atomic E-state index is 3.58. The predicted molar refractivity (Wildman–Crippen MR) is 66.1 cm³/mol. The Morgan fingerprint density at radius 3 is 2.40 bits per heavy atom. The summed E-state index contributed by atoms with van der Waals surface area (Å²) in [6, 6.07) is 10.6. The molecule has 0 heterocycles. The van der Waals surface area contributed by atoms with E-state index < -0.39 is 0 Å². The molecular formula is C14H21N.